The lowest BCUT2D eigenvalue weighted by Crippen LogP contribution is -2.26. The second-order valence-corrected chi connectivity index (χ2v) is 11.0. The van der Waals surface area contributed by atoms with Gasteiger partial charge in [0, 0.05) is 0 Å². The number of fused-ring (bicyclic) bond motifs is 1. The summed E-state index contributed by atoms with van der Waals surface area (Å²) in [6, 6.07) is 16.3. The van der Waals surface area contributed by atoms with E-state index >= 15 is 0 Å². The van der Waals surface area contributed by atoms with Crippen molar-refractivity contribution in [2.24, 2.45) is 10.8 Å². The summed E-state index contributed by atoms with van der Waals surface area (Å²) in [6.45, 7) is 16.0. The van der Waals surface area contributed by atoms with Crippen LogP contribution in [0.15, 0.2) is 61.2 Å². The van der Waals surface area contributed by atoms with Crippen molar-refractivity contribution < 1.29 is 0 Å². The van der Waals surface area contributed by atoms with E-state index in [1.807, 2.05) is 0 Å². The van der Waals surface area contributed by atoms with Gasteiger partial charge in [-0.05, 0) is 100.0 Å². The molecule has 0 amide bonds. The molecule has 0 saturated carbocycles. The van der Waals surface area contributed by atoms with Gasteiger partial charge in [0.25, 0.3) is 0 Å². The van der Waals surface area contributed by atoms with E-state index in [9.17, 15) is 0 Å². The van der Waals surface area contributed by atoms with Crippen LogP contribution in [-0.4, -0.2) is 0 Å². The van der Waals surface area contributed by atoms with Crippen molar-refractivity contribution in [1.29, 1.82) is 0 Å². The monoisotopic (exact) mass is 410 g/mol. The summed E-state index contributed by atoms with van der Waals surface area (Å²) in [5.41, 5.74) is 11.8. The Morgan fingerprint density at radius 3 is 2.23 bits per heavy atom. The molecule has 0 radical (unpaired) electrons. The molecule has 0 unspecified atom stereocenters. The minimum atomic E-state index is 0.325. The maximum atomic E-state index is 4.48. The normalized spacial score (nSPS) is 17.9. The zero-order chi connectivity index (χ0) is 22.2. The lowest BCUT2D eigenvalue weighted by Gasteiger charge is -2.38. The molecule has 2 aromatic carbocycles. The first-order valence-corrected chi connectivity index (χ1v) is 12.0. The molecule has 0 aliphatic heterocycles. The lowest BCUT2D eigenvalue weighted by atomic mass is 9.66. The molecule has 2 aromatic rings. The Hall–Kier alpha value is -2.34. The van der Waals surface area contributed by atoms with Crippen LogP contribution in [0.2, 0.25) is 0 Å². The molecule has 31 heavy (non-hydrogen) atoms. The van der Waals surface area contributed by atoms with Gasteiger partial charge in [0.05, 0.1) is 0 Å². The molecule has 0 N–H and O–H groups in total. The van der Waals surface area contributed by atoms with Gasteiger partial charge in [0.2, 0.25) is 0 Å². The van der Waals surface area contributed by atoms with Gasteiger partial charge < -0.3 is 0 Å². The number of benzene rings is 2. The number of hydrogen-bond acceptors (Lipinski definition) is 0. The van der Waals surface area contributed by atoms with Crippen LogP contribution in [0.1, 0.15) is 88.1 Å². The van der Waals surface area contributed by atoms with E-state index in [4.69, 9.17) is 0 Å². The number of rotatable bonds is 5. The van der Waals surface area contributed by atoms with Gasteiger partial charge in [-0.2, -0.15) is 0 Å². The summed E-state index contributed by atoms with van der Waals surface area (Å²) >= 11 is 0. The average molecular weight is 411 g/mol. The third-order valence-electron chi connectivity index (χ3n) is 7.41. The van der Waals surface area contributed by atoms with E-state index in [1.54, 1.807) is 0 Å². The molecule has 2 aliphatic carbocycles. The van der Waals surface area contributed by atoms with Crippen molar-refractivity contribution in [3.8, 4) is 0 Å². The van der Waals surface area contributed by atoms with E-state index in [-0.39, 0.29) is 0 Å². The molecule has 0 aromatic heterocycles. The molecule has 4 rings (SSSR count). The number of hydrogen-bond donors (Lipinski definition) is 0. The van der Waals surface area contributed by atoms with E-state index in [0.717, 1.165) is 19.3 Å². The van der Waals surface area contributed by atoms with Crippen LogP contribution < -0.4 is 0 Å². The lowest BCUT2D eigenvalue weighted by molar-refractivity contribution is 0.261. The molecule has 0 spiro atoms. The van der Waals surface area contributed by atoms with Gasteiger partial charge in [0.1, 0.15) is 0 Å². The van der Waals surface area contributed by atoms with Gasteiger partial charge in [-0.3, -0.25) is 0 Å². The fourth-order valence-corrected chi connectivity index (χ4v) is 5.38. The highest BCUT2D eigenvalue weighted by Gasteiger charge is 2.33. The Morgan fingerprint density at radius 1 is 0.903 bits per heavy atom. The summed E-state index contributed by atoms with van der Waals surface area (Å²) in [4.78, 5) is 0. The van der Waals surface area contributed by atoms with Gasteiger partial charge in [-0.1, -0.05) is 89.7 Å². The zero-order valence-electron chi connectivity index (χ0n) is 20.1. The minimum absolute atomic E-state index is 0.325. The number of allylic oxidation sites excluding steroid dienone is 5. The van der Waals surface area contributed by atoms with Crippen molar-refractivity contribution in [3.05, 3.63) is 89.0 Å². The van der Waals surface area contributed by atoms with E-state index < -0.39 is 0 Å². The average Bonchev–Trinajstić information content (AvgIpc) is 3.23. The molecule has 0 heterocycles. The molecule has 162 valence electrons. The van der Waals surface area contributed by atoms with Gasteiger partial charge in [-0.25, -0.2) is 0 Å². The third kappa shape index (κ3) is 4.64. The Balaban J connectivity index is 1.54. The zero-order valence-corrected chi connectivity index (χ0v) is 20.1. The summed E-state index contributed by atoms with van der Waals surface area (Å²) in [5.74, 6) is 0. The van der Waals surface area contributed by atoms with Crippen LogP contribution in [0.25, 0.3) is 16.7 Å². The molecule has 0 fully saturated rings. The highest BCUT2D eigenvalue weighted by Crippen LogP contribution is 2.46. The fourth-order valence-electron chi connectivity index (χ4n) is 5.38. The predicted octanol–water partition coefficient (Wildman–Crippen LogP) is 8.91. The summed E-state index contributed by atoms with van der Waals surface area (Å²) in [6.07, 6.45) is 11.7. The van der Waals surface area contributed by atoms with Gasteiger partial charge >= 0.3 is 0 Å². The van der Waals surface area contributed by atoms with Crippen LogP contribution >= 0.6 is 0 Å². The highest BCUT2D eigenvalue weighted by atomic mass is 14.4. The van der Waals surface area contributed by atoms with Crippen molar-refractivity contribution >= 4 is 16.7 Å². The van der Waals surface area contributed by atoms with Crippen molar-refractivity contribution in [2.75, 3.05) is 0 Å². The molecule has 0 atom stereocenters. The van der Waals surface area contributed by atoms with Crippen LogP contribution in [0, 0.1) is 10.8 Å². The van der Waals surface area contributed by atoms with Crippen molar-refractivity contribution in [3.63, 3.8) is 0 Å². The standard InChI is InChI=1S/C31H38/c1-7-31(8-2)19-22(3)29-18-27(15-16-28(29)21-31)26-14-13-25(17-26)24-11-9-23(10-12-24)20-30(4,5)6/h9-13,15-18H,3,7-8,14,19-21H2,1-2,4-6H3. The van der Waals surface area contributed by atoms with Gasteiger partial charge in [-0.15, -0.1) is 0 Å². The Morgan fingerprint density at radius 2 is 1.58 bits per heavy atom. The Labute approximate surface area is 189 Å². The smallest absolute Gasteiger partial charge is 0.00821 e. The maximum Gasteiger partial charge on any atom is -0.00821 e. The van der Waals surface area contributed by atoms with E-state index in [2.05, 4.69) is 95.8 Å². The molecular formula is C31H38. The first-order valence-electron chi connectivity index (χ1n) is 12.0. The molecule has 0 heteroatoms. The SMILES string of the molecule is C=C1CC(CC)(CC)Cc2ccc(C3=CC(c4ccc(CC(C)(C)C)cc4)=CC3)cc21. The largest absolute Gasteiger partial charge is 0.0952 e. The van der Waals surface area contributed by atoms with Crippen LogP contribution in [-0.2, 0) is 12.8 Å². The van der Waals surface area contributed by atoms with Gasteiger partial charge in [0.15, 0.2) is 0 Å². The fraction of sp³-hybridized carbons (Fsp3) is 0.419. The Bertz CT molecular complexity index is 1030. The molecular weight excluding hydrogens is 372 g/mol. The summed E-state index contributed by atoms with van der Waals surface area (Å²) in [7, 11) is 0. The molecule has 0 saturated heterocycles. The molecule has 2 aliphatic rings. The quantitative estimate of drug-likeness (QED) is 0.461. The van der Waals surface area contributed by atoms with Crippen molar-refractivity contribution in [2.45, 2.75) is 73.1 Å². The van der Waals surface area contributed by atoms with Crippen LogP contribution in [0.5, 0.6) is 0 Å². The maximum absolute atomic E-state index is 4.48. The topological polar surface area (TPSA) is 0 Å². The first-order chi connectivity index (χ1) is 14.7. The third-order valence-corrected chi connectivity index (χ3v) is 7.41. The molecule has 0 bridgehead atoms. The first kappa shape index (κ1) is 21.9. The van der Waals surface area contributed by atoms with Crippen LogP contribution in [0.4, 0.5) is 0 Å². The highest BCUT2D eigenvalue weighted by molar-refractivity contribution is 5.90. The van der Waals surface area contributed by atoms with Crippen molar-refractivity contribution in [1.82, 2.24) is 0 Å². The predicted molar refractivity (Wildman–Crippen MR) is 137 cm³/mol. The van der Waals surface area contributed by atoms with E-state index in [0.29, 0.717) is 10.8 Å². The Kier molecular flexibility index (Phi) is 5.86. The summed E-state index contributed by atoms with van der Waals surface area (Å²) in [5, 5.41) is 0. The minimum Gasteiger partial charge on any atom is -0.0952 e. The van der Waals surface area contributed by atoms with Crippen LogP contribution in [0.3, 0.4) is 0 Å². The summed E-state index contributed by atoms with van der Waals surface area (Å²) < 4.78 is 0. The second-order valence-electron chi connectivity index (χ2n) is 11.0. The van der Waals surface area contributed by atoms with E-state index in [1.165, 1.54) is 63.8 Å². The molecule has 0 nitrogen and oxygen atoms in total. The second kappa shape index (κ2) is 8.30.